The number of fused-ring (bicyclic) bond motifs is 1. The maximum atomic E-state index is 13.0. The van der Waals surface area contributed by atoms with Gasteiger partial charge in [0, 0.05) is 13.0 Å². The third-order valence-electron chi connectivity index (χ3n) is 5.66. The summed E-state index contributed by atoms with van der Waals surface area (Å²) in [6.45, 7) is -0.538. The molecule has 1 aliphatic carbocycles. The number of nitrogens with zero attached hydrogens (tertiary/aromatic N) is 2. The molecule has 31 heavy (non-hydrogen) atoms. The monoisotopic (exact) mass is 418 g/mol. The summed E-state index contributed by atoms with van der Waals surface area (Å²) >= 11 is 0. The summed E-state index contributed by atoms with van der Waals surface area (Å²) in [5, 5.41) is 6.29. The average Bonchev–Trinajstić information content (AvgIpc) is 3.20. The number of allylic oxidation sites excluding steroid dienone is 1. The minimum Gasteiger partial charge on any atom is -0.454 e. The van der Waals surface area contributed by atoms with Gasteiger partial charge in [0.15, 0.2) is 6.61 Å². The van der Waals surface area contributed by atoms with Crippen LogP contribution in [0, 0.1) is 5.92 Å². The molecule has 2 aromatic rings. The minimum atomic E-state index is -0.568. The number of amides is 1. The van der Waals surface area contributed by atoms with Gasteiger partial charge in [0.2, 0.25) is 0 Å². The molecule has 2 aromatic carbocycles. The van der Waals surface area contributed by atoms with Crippen molar-refractivity contribution in [2.45, 2.75) is 25.3 Å². The van der Waals surface area contributed by atoms with Gasteiger partial charge >= 0.3 is 5.97 Å². The fourth-order valence-corrected chi connectivity index (χ4v) is 4.31. The van der Waals surface area contributed by atoms with Crippen molar-refractivity contribution in [3.05, 3.63) is 77.4 Å². The van der Waals surface area contributed by atoms with E-state index in [4.69, 9.17) is 14.6 Å². The van der Waals surface area contributed by atoms with E-state index >= 15 is 0 Å². The maximum absolute atomic E-state index is 13.0. The zero-order chi connectivity index (χ0) is 21.6. The first kappa shape index (κ1) is 21.0. The Morgan fingerprint density at radius 3 is 2.48 bits per heavy atom. The van der Waals surface area contributed by atoms with Crippen molar-refractivity contribution < 1.29 is 19.1 Å². The first-order chi connectivity index (χ1) is 15.2. The number of benzene rings is 2. The molecule has 0 radical (unpaired) electrons. The second-order valence-electron chi connectivity index (χ2n) is 7.75. The summed E-state index contributed by atoms with van der Waals surface area (Å²) in [5.74, 6) is -0.787. The number of hydrogen-bond donors (Lipinski definition) is 0. The van der Waals surface area contributed by atoms with Crippen LogP contribution >= 0.6 is 0 Å². The van der Waals surface area contributed by atoms with Crippen molar-refractivity contribution in [2.75, 3.05) is 20.3 Å². The molecule has 1 aliphatic heterocycles. The Hall–Kier alpha value is -3.25. The lowest BCUT2D eigenvalue weighted by Gasteiger charge is -2.29. The highest BCUT2D eigenvalue weighted by atomic mass is 16.6. The number of hydrazone groups is 1. The molecule has 1 fully saturated rings. The molecule has 2 unspecified atom stereocenters. The summed E-state index contributed by atoms with van der Waals surface area (Å²) in [5.41, 5.74) is 4.27. The van der Waals surface area contributed by atoms with Crippen LogP contribution in [0.4, 0.5) is 0 Å². The first-order valence-electron chi connectivity index (χ1n) is 10.5. The van der Waals surface area contributed by atoms with E-state index in [2.05, 4.69) is 18.2 Å². The fraction of sp³-hybridized carbons (Fsp3) is 0.320. The Balaban J connectivity index is 1.64. The Morgan fingerprint density at radius 1 is 1.06 bits per heavy atom. The van der Waals surface area contributed by atoms with Gasteiger partial charge in [-0.25, -0.2) is 9.80 Å². The molecule has 1 heterocycles. The van der Waals surface area contributed by atoms with Gasteiger partial charge in [0.25, 0.3) is 5.91 Å². The predicted molar refractivity (Wildman–Crippen MR) is 118 cm³/mol. The SMILES string of the molecule is COCC(=O)OCC(=O)N1N=C2/C(=C\c3ccccc3)CCCC2C1c1ccccc1. The summed E-state index contributed by atoms with van der Waals surface area (Å²) < 4.78 is 9.84. The van der Waals surface area contributed by atoms with E-state index in [1.807, 2.05) is 48.5 Å². The van der Waals surface area contributed by atoms with E-state index < -0.39 is 5.97 Å². The van der Waals surface area contributed by atoms with Gasteiger partial charge in [-0.05, 0) is 42.0 Å². The summed E-state index contributed by atoms with van der Waals surface area (Å²) in [7, 11) is 1.41. The summed E-state index contributed by atoms with van der Waals surface area (Å²) in [6, 6.07) is 19.9. The molecule has 6 nitrogen and oxygen atoms in total. The molecule has 4 rings (SSSR count). The van der Waals surface area contributed by atoms with Crippen molar-refractivity contribution in [1.29, 1.82) is 0 Å². The van der Waals surface area contributed by atoms with Crippen molar-refractivity contribution in [3.8, 4) is 0 Å². The Labute approximate surface area is 182 Å². The number of ether oxygens (including phenoxy) is 2. The molecule has 2 aliphatic rings. The molecule has 0 saturated heterocycles. The van der Waals surface area contributed by atoms with E-state index in [1.54, 1.807) is 0 Å². The fourth-order valence-electron chi connectivity index (χ4n) is 4.31. The summed E-state index contributed by atoms with van der Waals surface area (Å²) in [4.78, 5) is 24.7. The molecule has 1 saturated carbocycles. The van der Waals surface area contributed by atoms with Gasteiger partial charge in [-0.15, -0.1) is 0 Å². The zero-order valence-electron chi connectivity index (χ0n) is 17.6. The van der Waals surface area contributed by atoms with E-state index in [9.17, 15) is 9.59 Å². The van der Waals surface area contributed by atoms with Crippen molar-refractivity contribution in [1.82, 2.24) is 5.01 Å². The normalized spacial score (nSPS) is 21.5. The van der Waals surface area contributed by atoms with Crippen LogP contribution in [0.5, 0.6) is 0 Å². The van der Waals surface area contributed by atoms with Gasteiger partial charge in [-0.1, -0.05) is 60.7 Å². The second-order valence-corrected chi connectivity index (χ2v) is 7.75. The number of hydrogen-bond acceptors (Lipinski definition) is 5. The van der Waals surface area contributed by atoms with E-state index in [-0.39, 0.29) is 31.1 Å². The lowest BCUT2D eigenvalue weighted by atomic mass is 9.77. The van der Waals surface area contributed by atoms with Crippen LogP contribution in [0.1, 0.15) is 36.4 Å². The Morgan fingerprint density at radius 2 is 1.77 bits per heavy atom. The van der Waals surface area contributed by atoms with Crippen LogP contribution in [0.25, 0.3) is 6.08 Å². The molecule has 6 heteroatoms. The highest BCUT2D eigenvalue weighted by Gasteiger charge is 2.43. The van der Waals surface area contributed by atoms with Crippen LogP contribution in [-0.4, -0.2) is 42.9 Å². The van der Waals surface area contributed by atoms with E-state index in [0.29, 0.717) is 0 Å². The molecule has 160 valence electrons. The topological polar surface area (TPSA) is 68.2 Å². The molecule has 2 atom stereocenters. The van der Waals surface area contributed by atoms with Crippen LogP contribution in [0.3, 0.4) is 0 Å². The number of carbonyl (C=O) groups excluding carboxylic acids is 2. The van der Waals surface area contributed by atoms with Gasteiger partial charge < -0.3 is 9.47 Å². The average molecular weight is 418 g/mol. The molecular weight excluding hydrogens is 392 g/mol. The van der Waals surface area contributed by atoms with Crippen molar-refractivity contribution >= 4 is 23.7 Å². The number of carbonyl (C=O) groups is 2. The van der Waals surface area contributed by atoms with Gasteiger partial charge in [0.05, 0.1) is 11.8 Å². The maximum Gasteiger partial charge on any atom is 0.332 e. The zero-order valence-corrected chi connectivity index (χ0v) is 17.6. The molecule has 0 bridgehead atoms. The second kappa shape index (κ2) is 9.71. The minimum absolute atomic E-state index is 0.115. The third-order valence-corrected chi connectivity index (χ3v) is 5.66. The molecule has 1 amide bonds. The van der Waals surface area contributed by atoms with Crippen LogP contribution in [-0.2, 0) is 19.1 Å². The third kappa shape index (κ3) is 4.75. The smallest absolute Gasteiger partial charge is 0.332 e. The molecular formula is C25H26N2O4. The highest BCUT2D eigenvalue weighted by Crippen LogP contribution is 2.44. The van der Waals surface area contributed by atoms with Crippen molar-refractivity contribution in [3.63, 3.8) is 0 Å². The summed E-state index contributed by atoms with van der Waals surface area (Å²) in [6.07, 6.45) is 5.09. The van der Waals surface area contributed by atoms with Gasteiger partial charge in [-0.2, -0.15) is 5.10 Å². The Kier molecular flexibility index (Phi) is 6.57. The van der Waals surface area contributed by atoms with Gasteiger partial charge in [0.1, 0.15) is 6.61 Å². The number of esters is 1. The van der Waals surface area contributed by atoms with Crippen LogP contribution in [0.2, 0.25) is 0 Å². The lowest BCUT2D eigenvalue weighted by Crippen LogP contribution is -2.34. The quantitative estimate of drug-likeness (QED) is 0.665. The number of methoxy groups -OCH3 is 1. The van der Waals surface area contributed by atoms with E-state index in [0.717, 1.165) is 41.7 Å². The Bertz CT molecular complexity index is 985. The lowest BCUT2D eigenvalue weighted by molar-refractivity contribution is -0.155. The van der Waals surface area contributed by atoms with E-state index in [1.165, 1.54) is 12.1 Å². The standard InChI is InChI=1S/C25H26N2O4/c1-30-17-23(29)31-16-22(28)27-25(19-11-6-3-7-12-19)21-14-8-13-20(24(21)26-27)15-18-9-4-2-5-10-18/h2-7,9-12,15,21,25H,8,13-14,16-17H2,1H3/b20-15-. The molecule has 0 spiro atoms. The first-order valence-corrected chi connectivity index (χ1v) is 10.5. The van der Waals surface area contributed by atoms with Crippen LogP contribution in [0.15, 0.2) is 71.3 Å². The largest absolute Gasteiger partial charge is 0.454 e. The predicted octanol–water partition coefficient (Wildman–Crippen LogP) is 4.00. The number of rotatable bonds is 6. The molecule has 0 aromatic heterocycles. The van der Waals surface area contributed by atoms with Crippen molar-refractivity contribution in [2.24, 2.45) is 11.0 Å². The van der Waals surface area contributed by atoms with Gasteiger partial charge in [-0.3, -0.25) is 4.79 Å². The molecule has 0 N–H and O–H groups in total. The van der Waals surface area contributed by atoms with Crippen LogP contribution < -0.4 is 0 Å². The highest BCUT2D eigenvalue weighted by molar-refractivity contribution is 6.08.